The summed E-state index contributed by atoms with van der Waals surface area (Å²) in [5.41, 5.74) is 5.60. The Bertz CT molecular complexity index is 1980. The molecule has 6 heterocycles. The summed E-state index contributed by atoms with van der Waals surface area (Å²) in [7, 11) is 0. The minimum Gasteiger partial charge on any atom is -0.394 e. The molecule has 0 bridgehead atoms. The van der Waals surface area contributed by atoms with Crippen molar-refractivity contribution in [3.8, 4) is 0 Å². The molecule has 6 fully saturated rings. The Labute approximate surface area is 468 Å². The first-order valence-corrected chi connectivity index (χ1v) is 26.8. The summed E-state index contributed by atoms with van der Waals surface area (Å²) in [5.74, 6) is -2.34. The molecule has 82 heavy (non-hydrogen) atoms. The monoisotopic (exact) mass is 1200 g/mol. The average Bonchev–Trinajstić information content (AvgIpc) is 2.88. The molecule has 476 valence electrons. The quantitative estimate of drug-likeness (QED) is 0.0378. The SMILES string of the molecule is CC(=O)NC1C(OC2C(O)C(COC3OC(CO)C(O)C(OC4OC(CO)C(O)C(O)C4O)C3NC(C)=O)OC(OC3C(CO)OC(OCCCCCN)C(NC(C)=O)C3O)C2O)OC(CO)C(OC2OC(CO)C(O)C(O)C2O)C1O. The van der Waals surface area contributed by atoms with Gasteiger partial charge in [-0.15, -0.1) is 0 Å². The van der Waals surface area contributed by atoms with Gasteiger partial charge in [0.25, 0.3) is 0 Å². The smallest absolute Gasteiger partial charge is 0.217 e. The molecule has 6 saturated heterocycles. The van der Waals surface area contributed by atoms with Crippen LogP contribution in [0.25, 0.3) is 0 Å². The van der Waals surface area contributed by atoms with Crippen molar-refractivity contribution in [2.45, 2.75) is 224 Å². The van der Waals surface area contributed by atoms with E-state index < -0.39 is 241 Å². The van der Waals surface area contributed by atoms with Crippen LogP contribution in [-0.2, 0) is 71.2 Å². The zero-order chi connectivity index (χ0) is 60.4. The lowest BCUT2D eigenvalue weighted by Crippen LogP contribution is -2.70. The van der Waals surface area contributed by atoms with E-state index in [1.807, 2.05) is 0 Å². The van der Waals surface area contributed by atoms with Gasteiger partial charge in [-0.1, -0.05) is 0 Å². The van der Waals surface area contributed by atoms with E-state index >= 15 is 0 Å². The number of nitrogens with two attached hydrogens (primary N) is 1. The molecule has 21 N–H and O–H groups in total. The molecule has 0 aromatic rings. The molecule has 30 atom stereocenters. The Hall–Kier alpha value is -2.75. The van der Waals surface area contributed by atoms with Gasteiger partial charge < -0.3 is 160 Å². The Balaban J connectivity index is 1.33. The molecule has 0 aromatic carbocycles. The number of nitrogens with one attached hydrogen (secondary N) is 3. The highest BCUT2D eigenvalue weighted by molar-refractivity contribution is 5.74. The Morgan fingerprint density at radius 1 is 0.366 bits per heavy atom. The fourth-order valence-corrected chi connectivity index (χ4v) is 10.4. The summed E-state index contributed by atoms with van der Waals surface area (Å²) in [6, 6.07) is -4.89. The average molecular weight is 1200 g/mol. The molecule has 0 aliphatic carbocycles. The van der Waals surface area contributed by atoms with Gasteiger partial charge in [0.2, 0.25) is 17.7 Å². The van der Waals surface area contributed by atoms with E-state index in [0.717, 1.165) is 20.8 Å². The number of ether oxygens (including phenoxy) is 12. The van der Waals surface area contributed by atoms with Crippen molar-refractivity contribution in [1.82, 2.24) is 16.0 Å². The molecular formula is C47H82N4O31. The fourth-order valence-electron chi connectivity index (χ4n) is 10.4. The molecule has 0 radical (unpaired) electrons. The van der Waals surface area contributed by atoms with Crippen LogP contribution >= 0.6 is 0 Å². The van der Waals surface area contributed by atoms with Crippen LogP contribution in [0.2, 0.25) is 0 Å². The number of aliphatic hydroxyl groups excluding tert-OH is 16. The minimum atomic E-state index is -2.26. The summed E-state index contributed by atoms with van der Waals surface area (Å²) < 4.78 is 70.8. The van der Waals surface area contributed by atoms with Crippen LogP contribution in [0.5, 0.6) is 0 Å². The number of rotatable bonds is 25. The molecule has 6 rings (SSSR count). The van der Waals surface area contributed by atoms with Crippen LogP contribution in [0.15, 0.2) is 0 Å². The first-order chi connectivity index (χ1) is 38.9. The molecule has 0 spiro atoms. The van der Waals surface area contributed by atoms with Crippen molar-refractivity contribution in [2.75, 3.05) is 52.8 Å². The Morgan fingerprint density at radius 3 is 1.21 bits per heavy atom. The predicted molar refractivity (Wildman–Crippen MR) is 261 cm³/mol. The Kier molecular flexibility index (Phi) is 26.0. The van der Waals surface area contributed by atoms with Crippen molar-refractivity contribution < 1.29 is 153 Å². The van der Waals surface area contributed by atoms with Crippen LogP contribution in [0.3, 0.4) is 0 Å². The highest BCUT2D eigenvalue weighted by Crippen LogP contribution is 2.37. The maximum atomic E-state index is 12.8. The summed E-state index contributed by atoms with van der Waals surface area (Å²) in [6.07, 6.45) is -48.5. The minimum absolute atomic E-state index is 0.0570. The molecular weight excluding hydrogens is 1120 g/mol. The molecule has 3 amide bonds. The van der Waals surface area contributed by atoms with E-state index in [1.165, 1.54) is 0 Å². The second-order valence-electron chi connectivity index (χ2n) is 20.7. The highest BCUT2D eigenvalue weighted by atomic mass is 16.8. The summed E-state index contributed by atoms with van der Waals surface area (Å²) in [4.78, 5) is 38.0. The van der Waals surface area contributed by atoms with Crippen LogP contribution in [-0.4, -0.2) is 336 Å². The van der Waals surface area contributed by atoms with E-state index in [2.05, 4.69) is 16.0 Å². The van der Waals surface area contributed by atoms with Crippen LogP contribution in [0.1, 0.15) is 40.0 Å². The van der Waals surface area contributed by atoms with Crippen LogP contribution in [0.4, 0.5) is 0 Å². The molecule has 0 aromatic heterocycles. The zero-order valence-corrected chi connectivity index (χ0v) is 45.0. The summed E-state index contributed by atoms with van der Waals surface area (Å²) >= 11 is 0. The fraction of sp³-hybridized carbons (Fsp3) is 0.936. The van der Waals surface area contributed by atoms with E-state index in [-0.39, 0.29) is 6.61 Å². The molecule has 30 unspecified atom stereocenters. The van der Waals surface area contributed by atoms with Gasteiger partial charge in [0.1, 0.15) is 146 Å². The lowest BCUT2D eigenvalue weighted by Gasteiger charge is -2.50. The third-order valence-corrected chi connectivity index (χ3v) is 14.7. The van der Waals surface area contributed by atoms with Gasteiger partial charge in [0.15, 0.2) is 37.7 Å². The van der Waals surface area contributed by atoms with Crippen molar-refractivity contribution >= 4 is 17.7 Å². The van der Waals surface area contributed by atoms with E-state index in [0.29, 0.717) is 25.8 Å². The van der Waals surface area contributed by atoms with Crippen molar-refractivity contribution in [2.24, 2.45) is 5.73 Å². The van der Waals surface area contributed by atoms with Gasteiger partial charge in [-0.05, 0) is 25.8 Å². The Morgan fingerprint density at radius 2 is 0.732 bits per heavy atom. The van der Waals surface area contributed by atoms with E-state index in [4.69, 9.17) is 62.6 Å². The maximum Gasteiger partial charge on any atom is 0.217 e. The van der Waals surface area contributed by atoms with Crippen molar-refractivity contribution in [3.63, 3.8) is 0 Å². The van der Waals surface area contributed by atoms with Crippen LogP contribution in [0, 0.1) is 0 Å². The van der Waals surface area contributed by atoms with E-state index in [1.54, 1.807) is 0 Å². The molecule has 6 aliphatic rings. The summed E-state index contributed by atoms with van der Waals surface area (Å²) in [6.45, 7) is -1.95. The summed E-state index contributed by atoms with van der Waals surface area (Å²) in [5, 5.41) is 181. The van der Waals surface area contributed by atoms with Crippen LogP contribution < -0.4 is 21.7 Å². The van der Waals surface area contributed by atoms with Gasteiger partial charge in [0.05, 0.1) is 39.6 Å². The van der Waals surface area contributed by atoms with Crippen molar-refractivity contribution in [3.05, 3.63) is 0 Å². The third-order valence-electron chi connectivity index (χ3n) is 14.7. The van der Waals surface area contributed by atoms with Gasteiger partial charge >= 0.3 is 0 Å². The molecule has 6 aliphatic heterocycles. The van der Waals surface area contributed by atoms with Crippen molar-refractivity contribution in [1.29, 1.82) is 0 Å². The molecule has 35 nitrogen and oxygen atoms in total. The van der Waals surface area contributed by atoms with Gasteiger partial charge in [-0.3, -0.25) is 14.4 Å². The number of unbranched alkanes of at least 4 members (excludes halogenated alkanes) is 2. The number of hydrogen-bond donors (Lipinski definition) is 20. The second-order valence-corrected chi connectivity index (χ2v) is 20.7. The normalized spacial score (nSPS) is 45.5. The first-order valence-electron chi connectivity index (χ1n) is 26.8. The standard InChI is InChI=1S/C47H82N4O31/c1-15(57)49-24-31(64)38(21(12-55)76-42(24)71-8-6-4-5-7-48)80-47-37(70)41(82-44-25(50-16(2)58)32(65)39(22(13-56)77-44)79-45-35(68)33(66)27(60)18(9-52)74-45)30(63)23(78-47)14-72-43-26(51-17(3)59)40(29(62)20(11-54)73-43)81-46-36(69)34(67)28(61)19(10-53)75-46/h18-47,52-56,60-70H,4-14,48H2,1-3H3,(H,49,57)(H,50,58)(H,51,59). The predicted octanol–water partition coefficient (Wildman–Crippen LogP) is -12.5. The van der Waals surface area contributed by atoms with Gasteiger partial charge in [-0.25, -0.2) is 0 Å². The third kappa shape index (κ3) is 16.1. The highest BCUT2D eigenvalue weighted by Gasteiger charge is 2.58. The van der Waals surface area contributed by atoms with Gasteiger partial charge in [0, 0.05) is 27.4 Å². The molecule has 0 saturated carbocycles. The number of carbonyl (C=O) groups excluding carboxylic acids is 3. The maximum absolute atomic E-state index is 12.8. The molecule has 35 heteroatoms. The second kappa shape index (κ2) is 31.2. The van der Waals surface area contributed by atoms with E-state index in [9.17, 15) is 96.1 Å². The first kappa shape index (κ1) is 68.4. The number of amides is 3. The lowest BCUT2D eigenvalue weighted by molar-refractivity contribution is -0.381. The zero-order valence-electron chi connectivity index (χ0n) is 45.0. The van der Waals surface area contributed by atoms with Gasteiger partial charge in [-0.2, -0.15) is 0 Å². The lowest BCUT2D eigenvalue weighted by atomic mass is 9.94. The number of carbonyl (C=O) groups is 3. The topological polar surface area (TPSA) is 548 Å². The largest absolute Gasteiger partial charge is 0.394 e. The number of hydrogen-bond acceptors (Lipinski definition) is 32. The number of aliphatic hydroxyl groups is 16.